The zero-order valence-corrected chi connectivity index (χ0v) is 7.20. The Balaban J connectivity index is 2.06. The molecule has 1 heterocycles. The lowest BCUT2D eigenvalue weighted by Crippen LogP contribution is -2.35. The van der Waals surface area contributed by atoms with E-state index >= 15 is 0 Å². The van der Waals surface area contributed by atoms with Crippen LogP contribution >= 0.6 is 0 Å². The summed E-state index contributed by atoms with van der Waals surface area (Å²) in [5, 5.41) is 12.6. The van der Waals surface area contributed by atoms with E-state index in [0.29, 0.717) is 12.1 Å². The first kappa shape index (κ1) is 7.80. The summed E-state index contributed by atoms with van der Waals surface area (Å²) in [5.41, 5.74) is 1.15. The summed E-state index contributed by atoms with van der Waals surface area (Å²) in [4.78, 5) is 4.29. The first-order chi connectivity index (χ1) is 5.77. The van der Waals surface area contributed by atoms with Crippen molar-refractivity contribution in [3.63, 3.8) is 0 Å². The van der Waals surface area contributed by atoms with E-state index in [0.717, 1.165) is 18.4 Å². The summed E-state index contributed by atoms with van der Waals surface area (Å²) in [5.74, 6) is 0. The van der Waals surface area contributed by atoms with Gasteiger partial charge in [-0.05, 0) is 25.3 Å². The van der Waals surface area contributed by atoms with Gasteiger partial charge < -0.3 is 10.4 Å². The van der Waals surface area contributed by atoms with Crippen molar-refractivity contribution in [1.82, 2.24) is 5.32 Å². The van der Waals surface area contributed by atoms with Gasteiger partial charge in [-0.25, -0.2) is 0 Å². The van der Waals surface area contributed by atoms with Crippen molar-refractivity contribution < 1.29 is 5.11 Å². The molecule has 0 saturated heterocycles. The fraction of sp³-hybridized carbons (Fsp3) is 0.667. The number of aliphatic imine (C=N–C) groups is 1. The third kappa shape index (κ3) is 1.25. The van der Waals surface area contributed by atoms with Crippen LogP contribution in [-0.2, 0) is 0 Å². The van der Waals surface area contributed by atoms with Crippen LogP contribution in [0.15, 0.2) is 16.6 Å². The highest BCUT2D eigenvalue weighted by atomic mass is 16.3. The number of fused-ring (bicyclic) bond motifs is 1. The molecule has 3 heteroatoms. The molecule has 0 spiro atoms. The first-order valence-corrected chi connectivity index (χ1v) is 4.42. The van der Waals surface area contributed by atoms with E-state index in [1.54, 1.807) is 6.34 Å². The molecule has 0 aromatic rings. The Hall–Kier alpha value is -0.830. The van der Waals surface area contributed by atoms with Crippen LogP contribution in [0.1, 0.15) is 19.8 Å². The lowest BCUT2D eigenvalue weighted by molar-refractivity contribution is 0.220. The van der Waals surface area contributed by atoms with Crippen LogP contribution in [-0.4, -0.2) is 29.6 Å². The Kier molecular flexibility index (Phi) is 1.89. The number of rotatable bonds is 1. The van der Waals surface area contributed by atoms with E-state index in [1.165, 1.54) is 0 Å². The van der Waals surface area contributed by atoms with E-state index in [4.69, 9.17) is 0 Å². The molecule has 0 aromatic heterocycles. The average molecular weight is 166 g/mol. The molecule has 1 aliphatic carbocycles. The van der Waals surface area contributed by atoms with Gasteiger partial charge in [-0.2, -0.15) is 0 Å². The quantitative estimate of drug-likeness (QED) is 0.556. The van der Waals surface area contributed by atoms with Gasteiger partial charge in [-0.3, -0.25) is 4.99 Å². The lowest BCUT2D eigenvalue weighted by atomic mass is 9.89. The fourth-order valence-electron chi connectivity index (χ4n) is 1.82. The van der Waals surface area contributed by atoms with Crippen molar-refractivity contribution in [1.29, 1.82) is 0 Å². The molecule has 2 aliphatic rings. The lowest BCUT2D eigenvalue weighted by Gasteiger charge is -2.25. The van der Waals surface area contributed by atoms with E-state index in [9.17, 15) is 5.11 Å². The van der Waals surface area contributed by atoms with Gasteiger partial charge in [0.1, 0.15) is 0 Å². The van der Waals surface area contributed by atoms with Gasteiger partial charge in [0.2, 0.25) is 0 Å². The Bertz CT molecular complexity index is 233. The van der Waals surface area contributed by atoms with Crippen LogP contribution in [0.2, 0.25) is 0 Å². The van der Waals surface area contributed by atoms with Crippen molar-refractivity contribution in [2.24, 2.45) is 4.99 Å². The fourth-order valence-corrected chi connectivity index (χ4v) is 1.82. The second kappa shape index (κ2) is 2.90. The molecule has 3 unspecified atom stereocenters. The number of aliphatic hydroxyl groups excluding tert-OH is 1. The Morgan fingerprint density at radius 3 is 3.33 bits per heavy atom. The molecule has 3 nitrogen and oxygen atoms in total. The first-order valence-electron chi connectivity index (χ1n) is 4.42. The molecule has 12 heavy (non-hydrogen) atoms. The Morgan fingerprint density at radius 2 is 2.58 bits per heavy atom. The minimum Gasteiger partial charge on any atom is -0.389 e. The van der Waals surface area contributed by atoms with E-state index < -0.39 is 0 Å². The normalized spacial score (nSPS) is 35.3. The molecule has 0 bridgehead atoms. The summed E-state index contributed by atoms with van der Waals surface area (Å²) in [6, 6.07) is 0.840. The van der Waals surface area contributed by atoms with Crippen molar-refractivity contribution >= 4 is 6.34 Å². The van der Waals surface area contributed by atoms with Crippen LogP contribution < -0.4 is 5.32 Å². The number of aliphatic hydroxyl groups is 1. The number of nitrogens with zero attached hydrogens (tertiary/aromatic N) is 1. The molecule has 0 amide bonds. The van der Waals surface area contributed by atoms with Crippen molar-refractivity contribution in [3.8, 4) is 0 Å². The number of hydrogen-bond donors (Lipinski definition) is 2. The van der Waals surface area contributed by atoms with Crippen LogP contribution in [0.3, 0.4) is 0 Å². The molecule has 0 saturated carbocycles. The molecule has 0 aromatic carbocycles. The van der Waals surface area contributed by atoms with Gasteiger partial charge in [-0.15, -0.1) is 0 Å². The Morgan fingerprint density at radius 1 is 1.75 bits per heavy atom. The Labute approximate surface area is 72.2 Å². The maximum atomic E-state index is 9.36. The molecule has 2 rings (SSSR count). The molecular weight excluding hydrogens is 152 g/mol. The highest BCUT2D eigenvalue weighted by Gasteiger charge is 2.28. The predicted octanol–water partition coefficient (Wildman–Crippen LogP) is 0.456. The smallest absolute Gasteiger partial charge is 0.0831 e. The van der Waals surface area contributed by atoms with Gasteiger partial charge in [0.15, 0.2) is 0 Å². The number of nitrogens with one attached hydrogen (secondary N) is 1. The van der Waals surface area contributed by atoms with Crippen LogP contribution in [0.5, 0.6) is 0 Å². The number of hydrogen-bond acceptors (Lipinski definition) is 3. The zero-order valence-electron chi connectivity index (χ0n) is 7.20. The van der Waals surface area contributed by atoms with E-state index in [1.807, 2.05) is 6.92 Å². The van der Waals surface area contributed by atoms with Gasteiger partial charge in [0, 0.05) is 0 Å². The molecule has 3 atom stereocenters. The molecule has 0 radical (unpaired) electrons. The standard InChI is InChI=1S/C9H14N2O/c1-6(12)7-2-3-8-9(4-7)11-5-10-8/h2,5-6,8-9,12H,3-4H2,1H3,(H,10,11). The largest absolute Gasteiger partial charge is 0.389 e. The molecule has 0 fully saturated rings. The second-order valence-corrected chi connectivity index (χ2v) is 3.51. The van der Waals surface area contributed by atoms with Gasteiger partial charge >= 0.3 is 0 Å². The summed E-state index contributed by atoms with van der Waals surface area (Å²) in [7, 11) is 0. The third-order valence-electron chi connectivity index (χ3n) is 2.63. The van der Waals surface area contributed by atoms with Gasteiger partial charge in [0.25, 0.3) is 0 Å². The van der Waals surface area contributed by atoms with Crippen molar-refractivity contribution in [2.75, 3.05) is 0 Å². The van der Waals surface area contributed by atoms with Gasteiger partial charge in [-0.1, -0.05) is 6.08 Å². The zero-order chi connectivity index (χ0) is 8.55. The van der Waals surface area contributed by atoms with E-state index in [-0.39, 0.29) is 6.10 Å². The molecule has 2 N–H and O–H groups in total. The molecular formula is C9H14N2O. The SMILES string of the molecule is CC(O)C1=CCC2N=CNC2C1. The summed E-state index contributed by atoms with van der Waals surface area (Å²) < 4.78 is 0. The second-order valence-electron chi connectivity index (χ2n) is 3.51. The van der Waals surface area contributed by atoms with Crippen LogP contribution in [0.25, 0.3) is 0 Å². The summed E-state index contributed by atoms with van der Waals surface area (Å²) in [6.07, 6.45) is 5.51. The van der Waals surface area contributed by atoms with Crippen LogP contribution in [0, 0.1) is 0 Å². The van der Waals surface area contributed by atoms with Gasteiger partial charge in [0.05, 0.1) is 24.5 Å². The topological polar surface area (TPSA) is 44.6 Å². The molecule has 66 valence electrons. The van der Waals surface area contributed by atoms with Crippen molar-refractivity contribution in [2.45, 2.75) is 38.0 Å². The predicted molar refractivity (Wildman–Crippen MR) is 48.2 cm³/mol. The summed E-state index contributed by atoms with van der Waals surface area (Å²) >= 11 is 0. The minimum atomic E-state index is -0.298. The highest BCUT2D eigenvalue weighted by Crippen LogP contribution is 2.24. The maximum absolute atomic E-state index is 9.36. The van der Waals surface area contributed by atoms with E-state index in [2.05, 4.69) is 16.4 Å². The van der Waals surface area contributed by atoms with Crippen LogP contribution in [0.4, 0.5) is 0 Å². The molecule has 1 aliphatic heterocycles. The monoisotopic (exact) mass is 166 g/mol. The summed E-state index contributed by atoms with van der Waals surface area (Å²) in [6.45, 7) is 1.82. The maximum Gasteiger partial charge on any atom is 0.0831 e. The van der Waals surface area contributed by atoms with Crippen molar-refractivity contribution in [3.05, 3.63) is 11.6 Å². The third-order valence-corrected chi connectivity index (χ3v) is 2.63. The average Bonchev–Trinajstić information content (AvgIpc) is 2.49. The highest BCUT2D eigenvalue weighted by molar-refractivity contribution is 5.59. The minimum absolute atomic E-state index is 0.298.